The van der Waals surface area contributed by atoms with Crippen LogP contribution < -0.4 is 10.1 Å². The fourth-order valence-electron chi connectivity index (χ4n) is 3.91. The minimum atomic E-state index is -0.504. The van der Waals surface area contributed by atoms with Gasteiger partial charge in [0, 0.05) is 16.6 Å². The first-order valence-electron chi connectivity index (χ1n) is 11.4. The number of hydrogen-bond donors (Lipinski definition) is 1. The summed E-state index contributed by atoms with van der Waals surface area (Å²) >= 11 is 0.814. The summed E-state index contributed by atoms with van der Waals surface area (Å²) in [5.74, 6) is -0.348. The van der Waals surface area contributed by atoms with E-state index in [0.29, 0.717) is 23.6 Å². The van der Waals surface area contributed by atoms with Crippen LogP contribution in [0.4, 0.5) is 10.5 Å². The molecule has 0 aromatic heterocycles. The van der Waals surface area contributed by atoms with Gasteiger partial charge in [-0.3, -0.25) is 19.3 Å². The molecule has 4 aromatic carbocycles. The number of anilines is 1. The molecule has 1 saturated heterocycles. The van der Waals surface area contributed by atoms with E-state index in [2.05, 4.69) is 5.32 Å². The Morgan fingerprint density at radius 1 is 0.861 bits per heavy atom. The van der Waals surface area contributed by atoms with Crippen molar-refractivity contribution in [3.63, 3.8) is 0 Å². The van der Waals surface area contributed by atoms with E-state index in [9.17, 15) is 14.4 Å². The third-order valence-electron chi connectivity index (χ3n) is 5.68. The quantitative estimate of drug-likeness (QED) is 0.315. The zero-order chi connectivity index (χ0) is 24.9. The van der Waals surface area contributed by atoms with Crippen LogP contribution in [0.2, 0.25) is 0 Å². The molecule has 1 aliphatic rings. The van der Waals surface area contributed by atoms with Gasteiger partial charge in [0.05, 0.1) is 4.91 Å². The highest BCUT2D eigenvalue weighted by atomic mass is 32.2. The third-order valence-corrected chi connectivity index (χ3v) is 6.59. The highest BCUT2D eigenvalue weighted by Gasteiger charge is 2.36. The van der Waals surface area contributed by atoms with Gasteiger partial charge in [0.1, 0.15) is 18.9 Å². The minimum absolute atomic E-state index is 0.244. The highest BCUT2D eigenvalue weighted by Crippen LogP contribution is 2.34. The van der Waals surface area contributed by atoms with Gasteiger partial charge in [-0.1, -0.05) is 84.9 Å². The molecule has 3 amide bonds. The molecule has 0 radical (unpaired) electrons. The Morgan fingerprint density at radius 3 is 2.44 bits per heavy atom. The molecule has 0 saturated carbocycles. The molecule has 0 unspecified atom stereocenters. The Labute approximate surface area is 212 Å². The van der Waals surface area contributed by atoms with Crippen molar-refractivity contribution in [2.75, 3.05) is 11.9 Å². The molecular weight excluding hydrogens is 472 g/mol. The van der Waals surface area contributed by atoms with Crippen LogP contribution in [0, 0.1) is 0 Å². The molecule has 0 atom stereocenters. The zero-order valence-electron chi connectivity index (χ0n) is 19.2. The molecule has 0 spiro atoms. The lowest BCUT2D eigenvalue weighted by Gasteiger charge is -2.13. The molecule has 6 nitrogen and oxygen atoms in total. The van der Waals surface area contributed by atoms with E-state index in [1.165, 1.54) is 0 Å². The summed E-state index contributed by atoms with van der Waals surface area (Å²) in [6, 6.07) is 30.3. The van der Waals surface area contributed by atoms with Crippen LogP contribution in [0.1, 0.15) is 11.1 Å². The fourth-order valence-corrected chi connectivity index (χ4v) is 4.74. The van der Waals surface area contributed by atoms with Crippen LogP contribution in [0.3, 0.4) is 0 Å². The Bertz CT molecular complexity index is 1480. The van der Waals surface area contributed by atoms with Crippen LogP contribution >= 0.6 is 11.8 Å². The lowest BCUT2D eigenvalue weighted by Crippen LogP contribution is -2.36. The number of benzene rings is 4. The number of hydrogen-bond acceptors (Lipinski definition) is 5. The molecule has 178 valence electrons. The Morgan fingerprint density at radius 2 is 1.58 bits per heavy atom. The second-order valence-electron chi connectivity index (χ2n) is 8.15. The SMILES string of the molecule is O=C(CN1C(=O)S/C(=C/c2ccccc2OCc2ccccc2)C1=O)Nc1cccc2ccccc12. The maximum absolute atomic E-state index is 13.0. The maximum Gasteiger partial charge on any atom is 0.294 e. The van der Waals surface area contributed by atoms with E-state index >= 15 is 0 Å². The average molecular weight is 495 g/mol. The number of imide groups is 1. The molecular formula is C29H22N2O4S. The van der Waals surface area contributed by atoms with Crippen LogP contribution in [-0.2, 0) is 16.2 Å². The van der Waals surface area contributed by atoms with Crippen molar-refractivity contribution in [3.05, 3.63) is 113 Å². The molecule has 36 heavy (non-hydrogen) atoms. The van der Waals surface area contributed by atoms with E-state index in [-0.39, 0.29) is 11.4 Å². The number of carbonyl (C=O) groups excluding carboxylic acids is 3. The van der Waals surface area contributed by atoms with Crippen LogP contribution in [0.25, 0.3) is 16.8 Å². The minimum Gasteiger partial charge on any atom is -0.488 e. The van der Waals surface area contributed by atoms with Crippen molar-refractivity contribution in [1.82, 2.24) is 4.90 Å². The first-order chi connectivity index (χ1) is 17.6. The first kappa shape index (κ1) is 23.4. The van der Waals surface area contributed by atoms with E-state index in [0.717, 1.165) is 33.0 Å². The number of para-hydroxylation sites is 1. The summed E-state index contributed by atoms with van der Waals surface area (Å²) in [5.41, 5.74) is 2.33. The van der Waals surface area contributed by atoms with Crippen molar-refractivity contribution in [3.8, 4) is 5.75 Å². The molecule has 0 aliphatic carbocycles. The normalized spacial score (nSPS) is 14.4. The maximum atomic E-state index is 13.0. The van der Waals surface area contributed by atoms with Crippen LogP contribution in [0.5, 0.6) is 5.75 Å². The lowest BCUT2D eigenvalue weighted by atomic mass is 10.1. The van der Waals surface area contributed by atoms with Gasteiger partial charge >= 0.3 is 0 Å². The Kier molecular flexibility index (Phi) is 6.82. The number of nitrogens with zero attached hydrogens (tertiary/aromatic N) is 1. The first-order valence-corrected chi connectivity index (χ1v) is 12.2. The summed E-state index contributed by atoms with van der Waals surface area (Å²) in [6.07, 6.45) is 1.63. The summed E-state index contributed by atoms with van der Waals surface area (Å²) in [4.78, 5) is 39.5. The number of carbonyl (C=O) groups is 3. The predicted molar refractivity (Wildman–Crippen MR) is 142 cm³/mol. The zero-order valence-corrected chi connectivity index (χ0v) is 20.0. The van der Waals surface area contributed by atoms with Gasteiger partial charge in [0.15, 0.2) is 0 Å². The van der Waals surface area contributed by atoms with Crippen molar-refractivity contribution in [1.29, 1.82) is 0 Å². The standard InChI is InChI=1S/C29H22N2O4S/c32-27(30-24-15-8-13-21-11-4-6-14-23(21)24)18-31-28(33)26(36-29(31)34)17-22-12-5-7-16-25(22)35-19-20-9-2-1-3-10-20/h1-17H,18-19H2,(H,30,32)/b26-17+. The summed E-state index contributed by atoms with van der Waals surface area (Å²) in [6.45, 7) is 0.0128. The van der Waals surface area contributed by atoms with E-state index in [1.54, 1.807) is 12.1 Å². The largest absolute Gasteiger partial charge is 0.488 e. The van der Waals surface area contributed by atoms with Crippen LogP contribution in [-0.4, -0.2) is 28.5 Å². The molecule has 1 heterocycles. The summed E-state index contributed by atoms with van der Waals surface area (Å²) < 4.78 is 5.96. The van der Waals surface area contributed by atoms with Gasteiger partial charge in [0.25, 0.3) is 11.1 Å². The number of ether oxygens (including phenoxy) is 1. The number of fused-ring (bicyclic) bond motifs is 1. The number of nitrogens with one attached hydrogen (secondary N) is 1. The second kappa shape index (κ2) is 10.5. The Hall–Kier alpha value is -4.36. The second-order valence-corrected chi connectivity index (χ2v) is 9.15. The highest BCUT2D eigenvalue weighted by molar-refractivity contribution is 8.18. The average Bonchev–Trinajstić information content (AvgIpc) is 3.16. The lowest BCUT2D eigenvalue weighted by molar-refractivity contribution is -0.127. The number of rotatable bonds is 7. The summed E-state index contributed by atoms with van der Waals surface area (Å²) in [7, 11) is 0. The van der Waals surface area contributed by atoms with Crippen molar-refractivity contribution < 1.29 is 19.1 Å². The molecule has 1 aliphatic heterocycles. The molecule has 4 aromatic rings. The van der Waals surface area contributed by atoms with E-state index in [4.69, 9.17) is 4.74 Å². The van der Waals surface area contributed by atoms with E-state index < -0.39 is 17.1 Å². The van der Waals surface area contributed by atoms with Crippen molar-refractivity contribution in [2.45, 2.75) is 6.61 Å². The third kappa shape index (κ3) is 5.16. The van der Waals surface area contributed by atoms with Gasteiger partial charge in [0.2, 0.25) is 5.91 Å². The number of thioether (sulfide) groups is 1. The molecule has 1 N–H and O–H groups in total. The molecule has 1 fully saturated rings. The van der Waals surface area contributed by atoms with E-state index in [1.807, 2.05) is 91.0 Å². The monoisotopic (exact) mass is 494 g/mol. The smallest absolute Gasteiger partial charge is 0.294 e. The van der Waals surface area contributed by atoms with Crippen molar-refractivity contribution >= 4 is 51.4 Å². The van der Waals surface area contributed by atoms with Crippen molar-refractivity contribution in [2.24, 2.45) is 0 Å². The van der Waals surface area contributed by atoms with Crippen LogP contribution in [0.15, 0.2) is 102 Å². The van der Waals surface area contributed by atoms with Gasteiger partial charge in [-0.15, -0.1) is 0 Å². The predicted octanol–water partition coefficient (Wildman–Crippen LogP) is 6.09. The van der Waals surface area contributed by atoms with Gasteiger partial charge in [-0.2, -0.15) is 0 Å². The summed E-state index contributed by atoms with van der Waals surface area (Å²) in [5, 5.41) is 4.21. The van der Waals surface area contributed by atoms with Gasteiger partial charge in [-0.05, 0) is 40.9 Å². The fraction of sp³-hybridized carbons (Fsp3) is 0.0690. The molecule has 7 heteroatoms. The molecule has 5 rings (SSSR count). The topological polar surface area (TPSA) is 75.7 Å². The Balaban J connectivity index is 1.29. The molecule has 0 bridgehead atoms. The number of amides is 3. The van der Waals surface area contributed by atoms with Gasteiger partial charge in [-0.25, -0.2) is 0 Å². The van der Waals surface area contributed by atoms with Gasteiger partial charge < -0.3 is 10.1 Å².